The van der Waals surface area contributed by atoms with Crippen LogP contribution >= 0.6 is 0 Å². The van der Waals surface area contributed by atoms with Gasteiger partial charge >= 0.3 is 5.97 Å². The lowest BCUT2D eigenvalue weighted by molar-refractivity contribution is -0.369. The summed E-state index contributed by atoms with van der Waals surface area (Å²) in [6, 6.07) is 0. The summed E-state index contributed by atoms with van der Waals surface area (Å²) in [6.45, 7) is 5.30. The Labute approximate surface area is 405 Å². The normalized spacial score (nSPS) is 52.9. The van der Waals surface area contributed by atoms with Gasteiger partial charge in [0.1, 0.15) is 104 Å². The van der Waals surface area contributed by atoms with Crippen LogP contribution in [-0.4, -0.2) is 240 Å². The number of aliphatic hydroxyl groups excluding tert-OH is 14. The van der Waals surface area contributed by atoms with Gasteiger partial charge in [-0.25, -0.2) is 0 Å². The van der Waals surface area contributed by atoms with Gasteiger partial charge in [0.25, 0.3) is 0 Å². The van der Waals surface area contributed by atoms with Gasteiger partial charge in [0, 0.05) is 5.41 Å². The first-order chi connectivity index (χ1) is 33.1. The fraction of sp³-hybridized carbons (Fsp3) is 0.936. The Morgan fingerprint density at radius 2 is 1.10 bits per heavy atom. The zero-order valence-electron chi connectivity index (χ0n) is 39.7. The van der Waals surface area contributed by atoms with E-state index in [2.05, 4.69) is 13.5 Å². The van der Waals surface area contributed by atoms with Gasteiger partial charge < -0.3 is 109 Å². The maximum Gasteiger partial charge on any atom is 0.314 e. The number of carbonyl (C=O) groups excluding carboxylic acids is 1. The van der Waals surface area contributed by atoms with E-state index in [0.717, 1.165) is 31.3 Å². The number of hydrogen-bond donors (Lipinski definition) is 14. The van der Waals surface area contributed by atoms with E-state index in [9.17, 15) is 76.3 Å². The molecule has 26 atom stereocenters. The van der Waals surface area contributed by atoms with Gasteiger partial charge in [-0.1, -0.05) is 25.5 Å². The molecule has 0 radical (unpaired) electrons. The first kappa shape index (κ1) is 54.6. The largest absolute Gasteiger partial charge is 0.432 e. The molecule has 0 aromatic heterocycles. The second-order valence-corrected chi connectivity index (χ2v) is 22.0. The average molecular weight is 1010 g/mol. The van der Waals surface area contributed by atoms with Crippen LogP contribution in [0, 0.1) is 33.5 Å². The minimum Gasteiger partial charge on any atom is -0.432 e. The Kier molecular flexibility index (Phi) is 16.5. The minimum absolute atomic E-state index is 0.0427. The molecule has 0 aromatic rings. The Morgan fingerprint density at radius 1 is 0.571 bits per heavy atom. The molecule has 8 aliphatic rings. The molecule has 4 aliphatic carbocycles. The number of carbonyl (C=O) groups is 1. The molecule has 0 aromatic carbocycles. The number of esters is 1. The van der Waals surface area contributed by atoms with Crippen LogP contribution in [0.3, 0.4) is 0 Å². The standard InChI is InChI=1S/C47H76O23/c1-20-5-10-46-11-6-26-44(2,8-4-9-45(26,3)43(62)70-42-38(35(59)30(54)24(16-51)68-42)63-17-25-32(56)33(57)28(52)21(13-48)65-25)27(46)7-12-47(20,18-46)19-64-41-39(36(60)31(55)23(15-50)67-41)69-40-37(61)34(58)29(53)22(14-49)66-40/h21-42,48-61H,1,4-19H2,2-3H3/t21?,22?,23?,24?,25?,26?,27-,28?,29?,30?,31?,32?,33?,34?,35?,36?,37?,38?,39?,40?,41?,42?,44+,45+,46-,47?/m0/s1. The number of fused-ring (bicyclic) bond motifs is 3. The molecule has 14 N–H and O–H groups in total. The van der Waals surface area contributed by atoms with Gasteiger partial charge in [0.2, 0.25) is 6.29 Å². The van der Waals surface area contributed by atoms with Crippen molar-refractivity contribution in [3.63, 3.8) is 0 Å². The summed E-state index contributed by atoms with van der Waals surface area (Å²) in [6.07, 6.45) is -24.5. The average Bonchev–Trinajstić information content (AvgIpc) is 3.34. The van der Waals surface area contributed by atoms with Gasteiger partial charge in [-0.3, -0.25) is 4.79 Å². The van der Waals surface area contributed by atoms with Crippen molar-refractivity contribution in [3.05, 3.63) is 12.2 Å². The van der Waals surface area contributed by atoms with Crippen LogP contribution < -0.4 is 0 Å². The molecule has 70 heavy (non-hydrogen) atoms. The van der Waals surface area contributed by atoms with Gasteiger partial charge in [0.05, 0.1) is 45.1 Å². The lowest BCUT2D eigenvalue weighted by atomic mass is 9.36. The Bertz CT molecular complexity index is 1810. The van der Waals surface area contributed by atoms with Crippen molar-refractivity contribution in [1.82, 2.24) is 0 Å². The second-order valence-electron chi connectivity index (χ2n) is 22.0. The number of ether oxygens (including phenoxy) is 8. The fourth-order valence-corrected chi connectivity index (χ4v) is 14.1. The third-order valence-corrected chi connectivity index (χ3v) is 18.2. The predicted molar refractivity (Wildman–Crippen MR) is 233 cm³/mol. The fourth-order valence-electron chi connectivity index (χ4n) is 14.1. The zero-order valence-corrected chi connectivity index (χ0v) is 39.7. The summed E-state index contributed by atoms with van der Waals surface area (Å²) >= 11 is 0. The van der Waals surface area contributed by atoms with E-state index < -0.39 is 172 Å². The highest BCUT2D eigenvalue weighted by Crippen LogP contribution is 2.73. The maximum absolute atomic E-state index is 14.8. The van der Waals surface area contributed by atoms with Gasteiger partial charge in [-0.05, 0) is 87.4 Å². The van der Waals surface area contributed by atoms with Crippen molar-refractivity contribution < 1.29 is 114 Å². The van der Waals surface area contributed by atoms with Crippen molar-refractivity contribution in [2.24, 2.45) is 33.5 Å². The van der Waals surface area contributed by atoms with Gasteiger partial charge in [-0.2, -0.15) is 0 Å². The summed E-state index contributed by atoms with van der Waals surface area (Å²) < 4.78 is 47.4. The van der Waals surface area contributed by atoms with Crippen LogP contribution in [0.5, 0.6) is 0 Å². The highest BCUT2D eigenvalue weighted by atomic mass is 16.8. The minimum atomic E-state index is -1.82. The van der Waals surface area contributed by atoms with E-state index >= 15 is 0 Å². The highest BCUT2D eigenvalue weighted by molar-refractivity contribution is 5.77. The van der Waals surface area contributed by atoms with Crippen LogP contribution in [-0.2, 0) is 42.7 Å². The molecule has 1 spiro atoms. The molecule has 4 saturated carbocycles. The summed E-state index contributed by atoms with van der Waals surface area (Å²) in [5.41, 5.74) is -1.25. The van der Waals surface area contributed by atoms with E-state index in [4.69, 9.17) is 37.9 Å². The van der Waals surface area contributed by atoms with Crippen LogP contribution in [0.1, 0.15) is 78.1 Å². The van der Waals surface area contributed by atoms with Crippen LogP contribution in [0.25, 0.3) is 0 Å². The van der Waals surface area contributed by atoms with Gasteiger partial charge in [-0.15, -0.1) is 0 Å². The highest BCUT2D eigenvalue weighted by Gasteiger charge is 2.67. The Morgan fingerprint density at radius 3 is 1.73 bits per heavy atom. The smallest absolute Gasteiger partial charge is 0.314 e. The maximum atomic E-state index is 14.8. The van der Waals surface area contributed by atoms with Gasteiger partial charge in [0.15, 0.2) is 12.6 Å². The van der Waals surface area contributed by atoms with E-state index in [0.29, 0.717) is 38.5 Å². The van der Waals surface area contributed by atoms with Crippen molar-refractivity contribution in [1.29, 1.82) is 0 Å². The molecule has 22 unspecified atom stereocenters. The molecule has 4 heterocycles. The van der Waals surface area contributed by atoms with E-state index in [-0.39, 0.29) is 29.3 Å². The van der Waals surface area contributed by atoms with Crippen molar-refractivity contribution in [2.45, 2.75) is 201 Å². The quantitative estimate of drug-likeness (QED) is 0.0577. The molecule has 23 heteroatoms. The molecule has 8 fully saturated rings. The zero-order chi connectivity index (χ0) is 50.8. The van der Waals surface area contributed by atoms with E-state index in [1.807, 2.05) is 6.92 Å². The third kappa shape index (κ3) is 9.44. The van der Waals surface area contributed by atoms with Crippen LogP contribution in [0.15, 0.2) is 12.2 Å². The lowest BCUT2D eigenvalue weighted by Crippen LogP contribution is -2.65. The molecule has 4 saturated heterocycles. The third-order valence-electron chi connectivity index (χ3n) is 18.2. The number of rotatable bonds is 14. The predicted octanol–water partition coefficient (Wildman–Crippen LogP) is -4.43. The lowest BCUT2D eigenvalue weighted by Gasteiger charge is -2.68. The summed E-state index contributed by atoms with van der Waals surface area (Å²) in [4.78, 5) is 14.8. The summed E-state index contributed by atoms with van der Waals surface area (Å²) in [7, 11) is 0. The molecule has 2 bridgehead atoms. The molecule has 402 valence electrons. The molecule has 0 amide bonds. The first-order valence-corrected chi connectivity index (χ1v) is 24.8. The van der Waals surface area contributed by atoms with Crippen molar-refractivity contribution in [3.8, 4) is 0 Å². The SMILES string of the molecule is C=C1CC[C@@]23CCC4[C@](C)(C(=O)OC5OC(CO)C(O)C(O)C5OCC5OC(CO)C(O)C(O)C5O)CCC[C@@]4(C)[C@@H]2CCC1(COC1OC(CO)C(O)C(O)C1OC1OC(CO)C(O)C(O)C1O)C3. The number of hydrogen-bond acceptors (Lipinski definition) is 23. The van der Waals surface area contributed by atoms with Crippen molar-refractivity contribution in [2.75, 3.05) is 39.6 Å². The van der Waals surface area contributed by atoms with Crippen LogP contribution in [0.2, 0.25) is 0 Å². The first-order valence-electron chi connectivity index (χ1n) is 24.8. The Hall–Kier alpha value is -1.63. The summed E-state index contributed by atoms with van der Waals surface area (Å²) in [5, 5.41) is 147. The molecule has 23 nitrogen and oxygen atoms in total. The monoisotopic (exact) mass is 1010 g/mol. The second kappa shape index (κ2) is 21.2. The molecule has 8 rings (SSSR count). The number of aliphatic hydroxyl groups is 14. The van der Waals surface area contributed by atoms with Crippen LogP contribution in [0.4, 0.5) is 0 Å². The molecule has 4 aliphatic heterocycles. The van der Waals surface area contributed by atoms with E-state index in [1.165, 1.54) is 0 Å². The molecular weight excluding hydrogens is 932 g/mol. The van der Waals surface area contributed by atoms with Crippen molar-refractivity contribution >= 4 is 5.97 Å². The Balaban J connectivity index is 0.975. The van der Waals surface area contributed by atoms with E-state index in [1.54, 1.807) is 0 Å². The topological polar surface area (TPSA) is 374 Å². The summed E-state index contributed by atoms with van der Waals surface area (Å²) in [5.74, 6) is -0.651. The molecular formula is C47H76O23.